The van der Waals surface area contributed by atoms with Gasteiger partial charge >= 0.3 is 0 Å². The molecule has 3 aromatic carbocycles. The van der Waals surface area contributed by atoms with Gasteiger partial charge in [-0.25, -0.2) is 9.97 Å². The van der Waals surface area contributed by atoms with Crippen LogP contribution in [-0.4, -0.2) is 16.7 Å². The Balaban J connectivity index is 0.00000266. The lowest BCUT2D eigenvalue weighted by atomic mass is 9.34. The fourth-order valence-electron chi connectivity index (χ4n) is 8.82. The SMILES string of the molecule is C=C(C)c1nc(C(/C=C\C)=C/C)cc(-c2ccc(C34CCC(CC=C(c5ccc(B(C(C)=C(C)C)c6c(C)cc(C)cc6C)cc5)C3)C4)cc2)n1.CC. The number of allylic oxidation sites excluding steroid dienone is 9. The van der Waals surface area contributed by atoms with Crippen molar-refractivity contribution in [3.8, 4) is 11.3 Å². The van der Waals surface area contributed by atoms with E-state index in [1.807, 2.05) is 27.7 Å². The van der Waals surface area contributed by atoms with Crippen LogP contribution in [-0.2, 0) is 5.41 Å². The van der Waals surface area contributed by atoms with E-state index in [0.717, 1.165) is 40.4 Å². The summed E-state index contributed by atoms with van der Waals surface area (Å²) >= 11 is 0. The summed E-state index contributed by atoms with van der Waals surface area (Å²) in [7, 11) is 0. The van der Waals surface area contributed by atoms with Gasteiger partial charge in [0, 0.05) is 5.56 Å². The number of nitrogens with zero attached hydrogens (tertiary/aromatic N) is 2. The molecular weight excluding hydrogens is 639 g/mol. The van der Waals surface area contributed by atoms with E-state index in [2.05, 4.69) is 146 Å². The van der Waals surface area contributed by atoms with Crippen LogP contribution < -0.4 is 10.9 Å². The van der Waals surface area contributed by atoms with E-state index >= 15 is 0 Å². The third-order valence-corrected chi connectivity index (χ3v) is 11.7. The lowest BCUT2D eigenvalue weighted by Crippen LogP contribution is -2.46. The molecule has 1 fully saturated rings. The molecule has 1 saturated carbocycles. The normalized spacial score (nSPS) is 18.2. The molecule has 0 radical (unpaired) electrons. The molecule has 53 heavy (non-hydrogen) atoms. The molecule has 2 aliphatic rings. The summed E-state index contributed by atoms with van der Waals surface area (Å²) in [4.78, 5) is 9.77. The maximum absolute atomic E-state index is 4.93. The van der Waals surface area contributed by atoms with Gasteiger partial charge < -0.3 is 0 Å². The van der Waals surface area contributed by atoms with Gasteiger partial charge in [-0.05, 0) is 133 Å². The molecule has 1 heterocycles. The molecule has 0 spiro atoms. The number of rotatable bonds is 9. The maximum atomic E-state index is 4.93. The van der Waals surface area contributed by atoms with Gasteiger partial charge in [-0.3, -0.25) is 0 Å². The average Bonchev–Trinajstić information content (AvgIpc) is 3.47. The lowest BCUT2D eigenvalue weighted by Gasteiger charge is -2.31. The van der Waals surface area contributed by atoms with Crippen LogP contribution in [0.4, 0.5) is 0 Å². The van der Waals surface area contributed by atoms with Crippen molar-refractivity contribution in [3.05, 3.63) is 148 Å². The van der Waals surface area contributed by atoms with Crippen LogP contribution in [0.25, 0.3) is 28.0 Å². The number of hydrogen-bond acceptors (Lipinski definition) is 2. The molecule has 2 bridgehead atoms. The van der Waals surface area contributed by atoms with Gasteiger partial charge in [0.05, 0.1) is 11.4 Å². The minimum Gasteiger partial charge on any atom is -0.228 e. The van der Waals surface area contributed by atoms with Gasteiger partial charge in [0.2, 0.25) is 6.71 Å². The second-order valence-corrected chi connectivity index (χ2v) is 15.6. The molecule has 0 aliphatic heterocycles. The summed E-state index contributed by atoms with van der Waals surface area (Å²) in [5, 5.41) is 0. The molecule has 274 valence electrons. The predicted octanol–water partition coefficient (Wildman–Crippen LogP) is 12.5. The van der Waals surface area contributed by atoms with E-state index in [9.17, 15) is 0 Å². The average molecular weight is 701 g/mol. The molecule has 2 atom stereocenters. The Morgan fingerprint density at radius 1 is 0.849 bits per heavy atom. The molecule has 0 saturated heterocycles. The van der Waals surface area contributed by atoms with Crippen molar-refractivity contribution in [2.75, 3.05) is 0 Å². The zero-order valence-electron chi connectivity index (χ0n) is 34.5. The predicted molar refractivity (Wildman–Crippen MR) is 234 cm³/mol. The number of hydrogen-bond donors (Lipinski definition) is 0. The van der Waals surface area contributed by atoms with Crippen LogP contribution in [0.5, 0.6) is 0 Å². The largest absolute Gasteiger partial charge is 0.237 e. The fraction of sp³-hybridized carbons (Fsp3) is 0.360. The van der Waals surface area contributed by atoms with Crippen molar-refractivity contribution >= 4 is 34.4 Å². The first-order valence-electron chi connectivity index (χ1n) is 19.9. The molecule has 3 heteroatoms. The Kier molecular flexibility index (Phi) is 12.8. The first-order valence-corrected chi connectivity index (χ1v) is 19.9. The van der Waals surface area contributed by atoms with E-state index in [-0.39, 0.29) is 12.1 Å². The first kappa shape index (κ1) is 39.7. The Labute approximate surface area is 322 Å². The number of benzene rings is 3. The molecule has 4 aromatic rings. The summed E-state index contributed by atoms with van der Waals surface area (Å²) in [5.41, 5.74) is 19.2. The second kappa shape index (κ2) is 17.1. The third-order valence-electron chi connectivity index (χ3n) is 11.7. The summed E-state index contributed by atoms with van der Waals surface area (Å²) in [5.74, 6) is 1.44. The van der Waals surface area contributed by atoms with Crippen LogP contribution in [0.1, 0.15) is 127 Å². The minimum atomic E-state index is 0.158. The third kappa shape index (κ3) is 8.51. The molecule has 1 aromatic heterocycles. The van der Waals surface area contributed by atoms with Gasteiger partial charge in [-0.15, -0.1) is 0 Å². The topological polar surface area (TPSA) is 25.8 Å². The highest BCUT2D eigenvalue weighted by Crippen LogP contribution is 2.53. The highest BCUT2D eigenvalue weighted by atomic mass is 14.9. The van der Waals surface area contributed by atoms with Gasteiger partial charge in [-0.2, -0.15) is 0 Å². The van der Waals surface area contributed by atoms with Crippen LogP contribution in [0.3, 0.4) is 0 Å². The van der Waals surface area contributed by atoms with Crippen molar-refractivity contribution in [2.45, 2.75) is 114 Å². The standard InChI is InChI=1S/C48H55BN2.C2H6/c1-11-13-38(12-2)44-28-45(51-47(50-44)32(5)6)40-16-20-42(21-17-40)48-25-24-37(29-48)14-15-41(30-48)39-18-22-43(23-19-39)49(36(10)31(3)4)46-34(8)26-33(7)27-35(46)9;1-2/h11-13,15-23,26-28,37H,5,14,24-25,29-30H2,1-4,6-10H3;1-2H3/b13-11-,38-12+;. The van der Waals surface area contributed by atoms with E-state index < -0.39 is 0 Å². The Hall–Kier alpha value is -4.50. The Morgan fingerprint density at radius 2 is 1.49 bits per heavy atom. The molecule has 2 unspecified atom stereocenters. The van der Waals surface area contributed by atoms with E-state index in [0.29, 0.717) is 5.82 Å². The summed E-state index contributed by atoms with van der Waals surface area (Å²) in [6.07, 6.45) is 14.9. The van der Waals surface area contributed by atoms with Crippen LogP contribution in [0, 0.1) is 26.7 Å². The van der Waals surface area contributed by atoms with E-state index in [4.69, 9.17) is 9.97 Å². The number of aryl methyl sites for hydroxylation is 3. The summed E-state index contributed by atoms with van der Waals surface area (Å²) in [6.45, 7) is 28.1. The zero-order chi connectivity index (χ0) is 38.4. The van der Waals surface area contributed by atoms with Crippen LogP contribution >= 0.6 is 0 Å². The van der Waals surface area contributed by atoms with Crippen molar-refractivity contribution in [2.24, 2.45) is 5.92 Å². The van der Waals surface area contributed by atoms with E-state index in [1.165, 1.54) is 81.0 Å². The molecule has 2 nitrogen and oxygen atoms in total. The minimum absolute atomic E-state index is 0.158. The van der Waals surface area contributed by atoms with Gasteiger partial charge in [0.15, 0.2) is 5.82 Å². The molecular formula is C50H61BN2. The monoisotopic (exact) mass is 700 g/mol. The lowest BCUT2D eigenvalue weighted by molar-refractivity contribution is 0.433. The van der Waals surface area contributed by atoms with Crippen molar-refractivity contribution in [3.63, 3.8) is 0 Å². The summed E-state index contributed by atoms with van der Waals surface area (Å²) < 4.78 is 0. The van der Waals surface area contributed by atoms with Crippen LogP contribution in [0.15, 0.2) is 109 Å². The first-order chi connectivity index (χ1) is 25.4. The number of fused-ring (bicyclic) bond motifs is 2. The molecule has 0 amide bonds. The van der Waals surface area contributed by atoms with Crippen molar-refractivity contribution in [1.82, 2.24) is 9.97 Å². The van der Waals surface area contributed by atoms with Gasteiger partial charge in [0.1, 0.15) is 0 Å². The summed E-state index contributed by atoms with van der Waals surface area (Å²) in [6, 6.07) is 25.7. The van der Waals surface area contributed by atoms with E-state index in [1.54, 1.807) is 0 Å². The molecule has 0 N–H and O–H groups in total. The number of aromatic nitrogens is 2. The van der Waals surface area contributed by atoms with Gasteiger partial charge in [-0.1, -0.05) is 151 Å². The van der Waals surface area contributed by atoms with Crippen molar-refractivity contribution < 1.29 is 0 Å². The zero-order valence-corrected chi connectivity index (χ0v) is 34.5. The molecule has 2 aliphatic carbocycles. The fourth-order valence-corrected chi connectivity index (χ4v) is 8.82. The maximum Gasteiger partial charge on any atom is 0.237 e. The smallest absolute Gasteiger partial charge is 0.228 e. The highest BCUT2D eigenvalue weighted by Gasteiger charge is 2.42. The molecule has 6 rings (SSSR count). The second-order valence-electron chi connectivity index (χ2n) is 15.6. The quantitative estimate of drug-likeness (QED) is 0.128. The van der Waals surface area contributed by atoms with Crippen LogP contribution in [0.2, 0.25) is 0 Å². The Morgan fingerprint density at radius 3 is 2.08 bits per heavy atom. The van der Waals surface area contributed by atoms with Gasteiger partial charge in [0.25, 0.3) is 0 Å². The Bertz CT molecular complexity index is 2050. The van der Waals surface area contributed by atoms with Crippen molar-refractivity contribution in [1.29, 1.82) is 0 Å². The highest BCUT2D eigenvalue weighted by molar-refractivity contribution is 6.91.